The number of rotatable bonds is 3. The number of hydrogen-bond acceptors (Lipinski definition) is 4. The quantitative estimate of drug-likeness (QED) is 0.312. The Morgan fingerprint density at radius 1 is 1.08 bits per heavy atom. The number of aryl methyl sites for hydroxylation is 1. The summed E-state index contributed by atoms with van der Waals surface area (Å²) in [6.07, 6.45) is 0. The number of ether oxygens (including phenoxy) is 1. The summed E-state index contributed by atoms with van der Waals surface area (Å²) in [5, 5.41) is 2.49. The Bertz CT molecular complexity index is 876. The van der Waals surface area contributed by atoms with Crippen LogP contribution in [0.3, 0.4) is 0 Å². The lowest BCUT2D eigenvalue weighted by Gasteiger charge is -2.12. The number of methoxy groups -OCH3 is 1. The standard InChI is InChI=1S/C17H15BrIN3O3S/c1-9-3-4-10(7-12(9)18)15(23)20-17(26)22-21-16(24)11-5-6-14(25-2)13(19)8-11/h3-8H,1-2H3,(H,21,24)(H2,20,22,23,26). The number of benzene rings is 2. The lowest BCUT2D eigenvalue weighted by atomic mass is 10.1. The van der Waals surface area contributed by atoms with Crippen molar-refractivity contribution in [2.75, 3.05) is 7.11 Å². The molecule has 0 aliphatic rings. The van der Waals surface area contributed by atoms with E-state index in [1.165, 1.54) is 0 Å². The Balaban J connectivity index is 1.91. The summed E-state index contributed by atoms with van der Waals surface area (Å²) in [6.45, 7) is 1.92. The van der Waals surface area contributed by atoms with Gasteiger partial charge in [-0.05, 0) is 77.6 Å². The van der Waals surface area contributed by atoms with Gasteiger partial charge in [-0.2, -0.15) is 0 Å². The Morgan fingerprint density at radius 2 is 1.73 bits per heavy atom. The minimum absolute atomic E-state index is 0.0109. The SMILES string of the molecule is COc1ccc(C(=O)NNC(=S)NC(=O)c2ccc(C)c(Br)c2)cc1I. The van der Waals surface area contributed by atoms with Crippen molar-refractivity contribution in [3.8, 4) is 5.75 Å². The number of thiocarbonyl (C=S) groups is 1. The van der Waals surface area contributed by atoms with Crippen LogP contribution in [0.15, 0.2) is 40.9 Å². The zero-order chi connectivity index (χ0) is 19.3. The summed E-state index contributed by atoms with van der Waals surface area (Å²) in [7, 11) is 1.56. The van der Waals surface area contributed by atoms with Crippen LogP contribution in [0.5, 0.6) is 5.75 Å². The fraction of sp³-hybridized carbons (Fsp3) is 0.118. The highest BCUT2D eigenvalue weighted by molar-refractivity contribution is 14.1. The van der Waals surface area contributed by atoms with E-state index in [1.54, 1.807) is 37.4 Å². The number of nitrogens with one attached hydrogen (secondary N) is 3. The number of carbonyl (C=O) groups is 2. The molecule has 2 aromatic rings. The Kier molecular flexibility index (Phi) is 7.35. The van der Waals surface area contributed by atoms with Crippen LogP contribution in [0.25, 0.3) is 0 Å². The molecule has 0 atom stereocenters. The maximum Gasteiger partial charge on any atom is 0.269 e. The Morgan fingerprint density at radius 3 is 2.35 bits per heavy atom. The van der Waals surface area contributed by atoms with Gasteiger partial charge in [-0.3, -0.25) is 25.8 Å². The highest BCUT2D eigenvalue weighted by Gasteiger charge is 2.11. The van der Waals surface area contributed by atoms with E-state index in [1.807, 2.05) is 13.0 Å². The largest absolute Gasteiger partial charge is 0.496 e. The van der Waals surface area contributed by atoms with Crippen molar-refractivity contribution in [3.63, 3.8) is 0 Å². The second-order valence-electron chi connectivity index (χ2n) is 5.18. The second-order valence-corrected chi connectivity index (χ2v) is 7.60. The van der Waals surface area contributed by atoms with Crippen molar-refractivity contribution in [1.29, 1.82) is 0 Å². The summed E-state index contributed by atoms with van der Waals surface area (Å²) in [5.41, 5.74) is 6.85. The van der Waals surface area contributed by atoms with Gasteiger partial charge in [-0.1, -0.05) is 22.0 Å². The van der Waals surface area contributed by atoms with Crippen LogP contribution in [0, 0.1) is 10.5 Å². The summed E-state index contributed by atoms with van der Waals surface area (Å²) in [5.74, 6) is -0.0844. The molecule has 136 valence electrons. The molecule has 0 saturated heterocycles. The molecule has 0 heterocycles. The Labute approximate surface area is 178 Å². The molecule has 0 fully saturated rings. The molecule has 0 spiro atoms. The fourth-order valence-electron chi connectivity index (χ4n) is 1.93. The smallest absolute Gasteiger partial charge is 0.269 e. The van der Waals surface area contributed by atoms with Crippen LogP contribution in [0.4, 0.5) is 0 Å². The number of hydrazine groups is 1. The van der Waals surface area contributed by atoms with Crippen LogP contribution in [0.1, 0.15) is 26.3 Å². The third kappa shape index (κ3) is 5.39. The van der Waals surface area contributed by atoms with E-state index in [0.717, 1.165) is 13.6 Å². The van der Waals surface area contributed by atoms with Crippen molar-refractivity contribution < 1.29 is 14.3 Å². The van der Waals surface area contributed by atoms with E-state index < -0.39 is 0 Å². The van der Waals surface area contributed by atoms with Gasteiger partial charge < -0.3 is 4.74 Å². The van der Waals surface area contributed by atoms with Gasteiger partial charge in [0.1, 0.15) is 5.75 Å². The first-order valence-corrected chi connectivity index (χ1v) is 9.61. The molecule has 26 heavy (non-hydrogen) atoms. The predicted molar refractivity (Wildman–Crippen MR) is 115 cm³/mol. The van der Waals surface area contributed by atoms with E-state index in [4.69, 9.17) is 17.0 Å². The van der Waals surface area contributed by atoms with E-state index in [-0.39, 0.29) is 16.9 Å². The molecule has 0 aliphatic heterocycles. The fourth-order valence-corrected chi connectivity index (χ4v) is 3.19. The average Bonchev–Trinajstić information content (AvgIpc) is 2.61. The van der Waals surface area contributed by atoms with Gasteiger partial charge in [0.15, 0.2) is 5.11 Å². The zero-order valence-corrected chi connectivity index (χ0v) is 18.4. The van der Waals surface area contributed by atoms with Gasteiger partial charge in [-0.15, -0.1) is 0 Å². The lowest BCUT2D eigenvalue weighted by molar-refractivity contribution is 0.0934. The zero-order valence-electron chi connectivity index (χ0n) is 13.9. The van der Waals surface area contributed by atoms with Crippen molar-refractivity contribution in [3.05, 3.63) is 61.1 Å². The van der Waals surface area contributed by atoms with Crippen molar-refractivity contribution in [1.82, 2.24) is 16.2 Å². The molecule has 0 aromatic heterocycles. The first kappa shape index (κ1) is 20.6. The summed E-state index contributed by atoms with van der Waals surface area (Å²) >= 11 is 10.5. The summed E-state index contributed by atoms with van der Waals surface area (Å²) in [4.78, 5) is 24.3. The molecule has 0 aliphatic carbocycles. The first-order chi connectivity index (χ1) is 12.3. The van der Waals surface area contributed by atoms with Crippen LogP contribution < -0.4 is 20.9 Å². The van der Waals surface area contributed by atoms with E-state index in [9.17, 15) is 9.59 Å². The number of hydrogen-bond donors (Lipinski definition) is 3. The molecular weight excluding hydrogens is 533 g/mol. The maximum atomic E-state index is 12.2. The van der Waals surface area contributed by atoms with Crippen LogP contribution in [0.2, 0.25) is 0 Å². The van der Waals surface area contributed by atoms with E-state index in [2.05, 4.69) is 54.7 Å². The van der Waals surface area contributed by atoms with Crippen LogP contribution in [-0.4, -0.2) is 24.0 Å². The van der Waals surface area contributed by atoms with Crippen molar-refractivity contribution in [2.45, 2.75) is 6.92 Å². The molecule has 6 nitrogen and oxygen atoms in total. The van der Waals surface area contributed by atoms with E-state index >= 15 is 0 Å². The summed E-state index contributed by atoms with van der Waals surface area (Å²) < 4.78 is 6.78. The van der Waals surface area contributed by atoms with Gasteiger partial charge in [-0.25, -0.2) is 0 Å². The molecule has 2 amide bonds. The second kappa shape index (κ2) is 9.28. The molecule has 0 unspecified atom stereocenters. The normalized spacial score (nSPS) is 10.0. The molecule has 2 aromatic carbocycles. The highest BCUT2D eigenvalue weighted by atomic mass is 127. The van der Waals surface area contributed by atoms with Gasteiger partial charge in [0, 0.05) is 15.6 Å². The first-order valence-electron chi connectivity index (χ1n) is 7.33. The number of halogens is 2. The van der Waals surface area contributed by atoms with Crippen LogP contribution in [-0.2, 0) is 0 Å². The van der Waals surface area contributed by atoms with Gasteiger partial charge in [0.05, 0.1) is 10.7 Å². The maximum absolute atomic E-state index is 12.2. The lowest BCUT2D eigenvalue weighted by Crippen LogP contribution is -2.48. The number of carbonyl (C=O) groups excluding carboxylic acids is 2. The van der Waals surface area contributed by atoms with Gasteiger partial charge in [0.25, 0.3) is 11.8 Å². The number of amides is 2. The third-order valence-corrected chi connectivity index (χ3v) is 5.27. The minimum atomic E-state index is -0.389. The van der Waals surface area contributed by atoms with Gasteiger partial charge >= 0.3 is 0 Å². The van der Waals surface area contributed by atoms with Crippen molar-refractivity contribution in [2.24, 2.45) is 0 Å². The molecule has 9 heteroatoms. The highest BCUT2D eigenvalue weighted by Crippen LogP contribution is 2.21. The summed E-state index contributed by atoms with van der Waals surface area (Å²) in [6, 6.07) is 10.2. The minimum Gasteiger partial charge on any atom is -0.496 e. The van der Waals surface area contributed by atoms with Crippen molar-refractivity contribution >= 4 is 67.7 Å². The molecular formula is C17H15BrIN3O3S. The topological polar surface area (TPSA) is 79.5 Å². The Hall–Kier alpha value is -1.72. The predicted octanol–water partition coefficient (Wildman–Crippen LogP) is 3.32. The van der Waals surface area contributed by atoms with Gasteiger partial charge in [0.2, 0.25) is 0 Å². The molecule has 0 saturated carbocycles. The molecule has 0 bridgehead atoms. The van der Waals surface area contributed by atoms with Crippen LogP contribution >= 0.6 is 50.7 Å². The molecule has 3 N–H and O–H groups in total. The third-order valence-electron chi connectivity index (χ3n) is 3.36. The molecule has 2 rings (SSSR count). The average molecular weight is 548 g/mol. The monoisotopic (exact) mass is 547 g/mol. The molecule has 0 radical (unpaired) electrons. The van der Waals surface area contributed by atoms with E-state index in [0.29, 0.717) is 16.9 Å².